The van der Waals surface area contributed by atoms with E-state index < -0.39 is 0 Å². The molecule has 0 spiro atoms. The van der Waals surface area contributed by atoms with Gasteiger partial charge >= 0.3 is 0 Å². The van der Waals surface area contributed by atoms with Crippen molar-refractivity contribution in [2.45, 2.75) is 91.4 Å². The van der Waals surface area contributed by atoms with Crippen molar-refractivity contribution < 1.29 is 25.8 Å². The maximum Gasteiger partial charge on any atom is 0.135 e. The number of pyridine rings is 1. The Morgan fingerprint density at radius 2 is 1.17 bits per heavy atom. The summed E-state index contributed by atoms with van der Waals surface area (Å²) < 4.78 is 8.91. The van der Waals surface area contributed by atoms with Crippen LogP contribution in [0.1, 0.15) is 91.0 Å². The van der Waals surface area contributed by atoms with E-state index in [1.807, 2.05) is 18.3 Å². The third kappa shape index (κ3) is 10.6. The van der Waals surface area contributed by atoms with E-state index in [0.29, 0.717) is 11.5 Å². The first-order valence-corrected chi connectivity index (χ1v) is 26.1. The van der Waals surface area contributed by atoms with Gasteiger partial charge in [0.2, 0.25) is 0 Å². The van der Waals surface area contributed by atoms with Gasteiger partial charge in [-0.15, -0.1) is 41.4 Å². The summed E-state index contributed by atoms with van der Waals surface area (Å²) in [6.07, 6.45) is 3.79. The molecule has 0 fully saturated rings. The van der Waals surface area contributed by atoms with Crippen molar-refractivity contribution in [3.63, 3.8) is 0 Å². The van der Waals surface area contributed by atoms with Crippen LogP contribution in [0.2, 0.25) is 0 Å². The average molecular weight is 1160 g/mol. The van der Waals surface area contributed by atoms with Crippen LogP contribution in [0.5, 0.6) is 11.5 Å². The zero-order valence-electron chi connectivity index (χ0n) is 44.6. The molecule has 0 N–H and O–H groups in total. The van der Waals surface area contributed by atoms with Crippen LogP contribution in [0.3, 0.4) is 0 Å². The van der Waals surface area contributed by atoms with E-state index in [4.69, 9.17) is 9.72 Å². The van der Waals surface area contributed by atoms with E-state index >= 15 is 0 Å². The molecule has 10 aromatic rings. The Kier molecular flexibility index (Phi) is 14.0. The number of benzene rings is 8. The predicted molar refractivity (Wildman–Crippen MR) is 310 cm³/mol. The first kappa shape index (κ1) is 51.3. The van der Waals surface area contributed by atoms with Gasteiger partial charge in [0.05, 0.1) is 0 Å². The Bertz CT molecular complexity index is 3670. The SMILES string of the molecule is CC(C)(C)c1cc(-c2ccccc2)cc(-c2cc(C(C)(C)C)ccc2CCCN2[CH-]N(c3[c-]c(Oc4[c-]c5c(cc4)c4ccccc4n5-c4cc(C(C)(C)C)ccn4)ccc3)c3cc(-c4ccccc4)ccc32)c1.[Pt]. The fourth-order valence-electron chi connectivity index (χ4n) is 10.3. The molecule has 0 bridgehead atoms. The van der Waals surface area contributed by atoms with E-state index in [9.17, 15) is 0 Å². The van der Waals surface area contributed by atoms with Crippen LogP contribution in [-0.2, 0) is 43.7 Å². The number of aromatic nitrogens is 2. The first-order valence-electron chi connectivity index (χ1n) is 26.1. The maximum absolute atomic E-state index is 6.71. The standard InChI is InChI=1S/C69H65N4O.Pt/c1-67(2,3)53-31-29-49(61(42-53)52-38-51(48-22-14-11-15-23-48)39-55(40-52)69(7,8)9)24-19-37-71-46-72(65-41-50(30-34-63(65)71)47-20-12-10-13-21-47)56-25-18-26-57(44-56)74-58-32-33-60-59-27-16-17-28-62(59)73(64(60)45-58)66-43-54(35-36-70-66)68(4,5)6;/h10-18,20-23,25-36,38-43,46H,19,24,37H2,1-9H3;/q-3;. The first-order chi connectivity index (χ1) is 35.5. The minimum atomic E-state index is -0.0283. The van der Waals surface area contributed by atoms with Crippen LogP contribution in [0.4, 0.5) is 17.1 Å². The molecule has 380 valence electrons. The predicted octanol–water partition coefficient (Wildman–Crippen LogP) is 18.2. The number of aryl methyl sites for hydroxylation is 1. The van der Waals surface area contributed by atoms with Crippen molar-refractivity contribution >= 4 is 38.9 Å². The smallest absolute Gasteiger partial charge is 0.135 e. The van der Waals surface area contributed by atoms with Gasteiger partial charge in [-0.25, -0.2) is 4.98 Å². The Labute approximate surface area is 459 Å². The molecular formula is C69H65N4OPt-3. The molecule has 2 aromatic heterocycles. The number of para-hydroxylation sites is 1. The second-order valence-corrected chi connectivity index (χ2v) is 23.0. The van der Waals surface area contributed by atoms with Crippen LogP contribution < -0.4 is 14.5 Å². The van der Waals surface area contributed by atoms with Gasteiger partial charge in [0.25, 0.3) is 0 Å². The van der Waals surface area contributed by atoms with Crippen LogP contribution in [0.15, 0.2) is 188 Å². The van der Waals surface area contributed by atoms with E-state index in [1.54, 1.807) is 0 Å². The van der Waals surface area contributed by atoms with Gasteiger partial charge in [0.15, 0.2) is 0 Å². The van der Waals surface area contributed by atoms with E-state index in [2.05, 4.69) is 265 Å². The Morgan fingerprint density at radius 1 is 0.507 bits per heavy atom. The van der Waals surface area contributed by atoms with Crippen molar-refractivity contribution in [2.75, 3.05) is 16.3 Å². The largest absolute Gasteiger partial charge is 0.509 e. The number of ether oxygens (including phenoxy) is 1. The summed E-state index contributed by atoms with van der Waals surface area (Å²) >= 11 is 0. The summed E-state index contributed by atoms with van der Waals surface area (Å²) in [5, 5.41) is 2.24. The zero-order valence-corrected chi connectivity index (χ0v) is 46.9. The summed E-state index contributed by atoms with van der Waals surface area (Å²) in [6, 6.07) is 73.1. The van der Waals surface area contributed by atoms with Gasteiger partial charge < -0.3 is 19.1 Å². The molecule has 0 saturated heterocycles. The monoisotopic (exact) mass is 1160 g/mol. The van der Waals surface area contributed by atoms with E-state index in [-0.39, 0.29) is 37.3 Å². The Morgan fingerprint density at radius 3 is 1.91 bits per heavy atom. The van der Waals surface area contributed by atoms with Gasteiger partial charge in [0, 0.05) is 55.7 Å². The van der Waals surface area contributed by atoms with E-state index in [1.165, 1.54) is 50.1 Å². The molecule has 0 amide bonds. The van der Waals surface area contributed by atoms with Gasteiger partial charge in [-0.3, -0.25) is 0 Å². The summed E-state index contributed by atoms with van der Waals surface area (Å²) in [7, 11) is 0. The second-order valence-electron chi connectivity index (χ2n) is 23.0. The van der Waals surface area contributed by atoms with Crippen molar-refractivity contribution in [3.05, 3.63) is 229 Å². The molecule has 3 heterocycles. The third-order valence-corrected chi connectivity index (χ3v) is 14.6. The molecule has 6 heteroatoms. The van der Waals surface area contributed by atoms with Gasteiger partial charge in [0.1, 0.15) is 5.82 Å². The minimum Gasteiger partial charge on any atom is -0.509 e. The molecule has 0 aliphatic carbocycles. The number of rotatable bonds is 11. The van der Waals surface area contributed by atoms with Crippen molar-refractivity contribution in [2.24, 2.45) is 0 Å². The normalized spacial score (nSPS) is 12.8. The number of anilines is 3. The number of fused-ring (bicyclic) bond motifs is 4. The second kappa shape index (κ2) is 20.5. The summed E-state index contributed by atoms with van der Waals surface area (Å²) in [6.45, 7) is 23.7. The Hall–Kier alpha value is -7.20. The summed E-state index contributed by atoms with van der Waals surface area (Å²) in [5.41, 5.74) is 17.8. The Balaban J connectivity index is 0.00000641. The number of nitrogens with zero attached hydrogens (tertiary/aromatic N) is 4. The maximum atomic E-state index is 6.71. The fraction of sp³-hybridized carbons (Fsp3) is 0.217. The average Bonchev–Trinajstić information content (AvgIpc) is 3.94. The van der Waals surface area contributed by atoms with Crippen molar-refractivity contribution in [3.8, 4) is 50.7 Å². The molecule has 5 nitrogen and oxygen atoms in total. The minimum absolute atomic E-state index is 0. The zero-order chi connectivity index (χ0) is 51.4. The van der Waals surface area contributed by atoms with Gasteiger partial charge in [-0.2, -0.15) is 18.8 Å². The van der Waals surface area contributed by atoms with Crippen LogP contribution in [0.25, 0.3) is 61.0 Å². The molecule has 0 atom stereocenters. The molecular weight excluding hydrogens is 1100 g/mol. The molecule has 1 aliphatic heterocycles. The molecule has 0 radical (unpaired) electrons. The molecule has 0 saturated carbocycles. The quantitative estimate of drug-likeness (QED) is 0.121. The number of hydrogen-bond donors (Lipinski definition) is 0. The number of hydrogen-bond acceptors (Lipinski definition) is 4. The topological polar surface area (TPSA) is 33.5 Å². The molecule has 11 rings (SSSR count). The van der Waals surface area contributed by atoms with Crippen LogP contribution in [0, 0.1) is 18.8 Å². The summed E-state index contributed by atoms with van der Waals surface area (Å²) in [4.78, 5) is 9.55. The molecule has 8 aromatic carbocycles. The molecule has 0 unspecified atom stereocenters. The molecule has 75 heavy (non-hydrogen) atoms. The van der Waals surface area contributed by atoms with Crippen LogP contribution in [-0.4, -0.2) is 16.1 Å². The van der Waals surface area contributed by atoms with Crippen molar-refractivity contribution in [1.82, 2.24) is 9.55 Å². The van der Waals surface area contributed by atoms with E-state index in [0.717, 1.165) is 69.6 Å². The molecule has 1 aliphatic rings. The van der Waals surface area contributed by atoms with Gasteiger partial charge in [-0.05, 0) is 133 Å². The third-order valence-electron chi connectivity index (χ3n) is 14.6. The summed E-state index contributed by atoms with van der Waals surface area (Å²) in [5.74, 6) is 2.07. The van der Waals surface area contributed by atoms with Gasteiger partial charge in [-0.1, -0.05) is 183 Å². The fourth-order valence-corrected chi connectivity index (χ4v) is 10.3. The van der Waals surface area contributed by atoms with Crippen molar-refractivity contribution in [1.29, 1.82) is 0 Å². The van der Waals surface area contributed by atoms with Crippen LogP contribution >= 0.6 is 0 Å².